The molecular weight excluding hydrogens is 504 g/mol. The molecule has 0 aliphatic heterocycles. The van der Waals surface area contributed by atoms with Crippen LogP contribution in [0, 0.1) is 0 Å². The molecule has 0 bridgehead atoms. The molecule has 1 amide bonds. The van der Waals surface area contributed by atoms with Crippen LogP contribution in [0.5, 0.6) is 5.75 Å². The predicted octanol–water partition coefficient (Wildman–Crippen LogP) is 4.68. The third kappa shape index (κ3) is 7.60. The highest BCUT2D eigenvalue weighted by Crippen LogP contribution is 2.31. The average molecular weight is 527 g/mol. The van der Waals surface area contributed by atoms with Crippen molar-refractivity contribution in [2.45, 2.75) is 22.9 Å². The molecule has 2 aromatic carbocycles. The molecule has 0 aliphatic rings. The second kappa shape index (κ2) is 11.7. The number of nitrogens with zero attached hydrogens (tertiary/aromatic N) is 3. The zero-order valence-electron chi connectivity index (χ0n) is 18.0. The minimum Gasteiger partial charge on any atom is -0.495 e. The second-order valence-electron chi connectivity index (χ2n) is 6.95. The lowest BCUT2D eigenvalue weighted by atomic mass is 10.2. The number of ether oxygens (including phenoxy) is 1. The summed E-state index contributed by atoms with van der Waals surface area (Å²) < 4.78 is 31.6. The fourth-order valence-electron chi connectivity index (χ4n) is 2.90. The van der Waals surface area contributed by atoms with Gasteiger partial charge in [-0.05, 0) is 30.2 Å². The maximum atomic E-state index is 12.3. The number of amides is 1. The quantitative estimate of drug-likeness (QED) is 0.286. The van der Waals surface area contributed by atoms with Crippen LogP contribution in [0.3, 0.4) is 0 Å². The molecule has 12 heteroatoms. The molecule has 0 saturated carbocycles. The number of hydrogen-bond donors (Lipinski definition) is 1. The molecule has 3 rings (SSSR count). The molecular formula is C21H23ClN4O4S3. The summed E-state index contributed by atoms with van der Waals surface area (Å²) >= 11 is 8.98. The summed E-state index contributed by atoms with van der Waals surface area (Å²) in [4.78, 5) is 12.3. The lowest BCUT2D eigenvalue weighted by molar-refractivity contribution is -0.116. The fourth-order valence-corrected chi connectivity index (χ4v) is 5.83. The van der Waals surface area contributed by atoms with E-state index in [9.17, 15) is 13.2 Å². The molecule has 0 spiro atoms. The number of nitrogens with one attached hydrogen (secondary N) is 1. The van der Waals surface area contributed by atoms with Crippen LogP contribution < -0.4 is 14.4 Å². The number of rotatable bonds is 11. The van der Waals surface area contributed by atoms with Gasteiger partial charge in [0.25, 0.3) is 0 Å². The van der Waals surface area contributed by atoms with E-state index in [4.69, 9.17) is 16.3 Å². The van der Waals surface area contributed by atoms with Crippen molar-refractivity contribution in [1.82, 2.24) is 10.2 Å². The van der Waals surface area contributed by atoms with E-state index in [0.717, 1.165) is 16.3 Å². The zero-order valence-corrected chi connectivity index (χ0v) is 21.2. The highest BCUT2D eigenvalue weighted by molar-refractivity contribution is 8.00. The molecule has 0 atom stereocenters. The fraction of sp³-hybridized carbons (Fsp3) is 0.286. The first kappa shape index (κ1) is 25.3. The van der Waals surface area contributed by atoms with E-state index in [1.807, 2.05) is 30.3 Å². The summed E-state index contributed by atoms with van der Waals surface area (Å²) in [6, 6.07) is 14.7. The Bertz CT molecular complexity index is 1190. The summed E-state index contributed by atoms with van der Waals surface area (Å²) in [6.45, 7) is 0.128. The van der Waals surface area contributed by atoms with Crippen LogP contribution in [0.4, 0.5) is 10.8 Å². The third-order valence-electron chi connectivity index (χ3n) is 4.45. The Balaban J connectivity index is 1.51. The van der Waals surface area contributed by atoms with E-state index in [-0.39, 0.29) is 18.9 Å². The Hall–Kier alpha value is -2.34. The van der Waals surface area contributed by atoms with Crippen molar-refractivity contribution >= 4 is 61.4 Å². The van der Waals surface area contributed by atoms with Gasteiger partial charge < -0.3 is 10.1 Å². The summed E-state index contributed by atoms with van der Waals surface area (Å²) in [6.07, 6.45) is 1.56. The molecule has 1 aromatic heterocycles. The van der Waals surface area contributed by atoms with E-state index >= 15 is 0 Å². The molecule has 0 unspecified atom stereocenters. The van der Waals surface area contributed by atoms with E-state index < -0.39 is 10.0 Å². The molecule has 0 saturated heterocycles. The smallest absolute Gasteiger partial charge is 0.232 e. The van der Waals surface area contributed by atoms with Crippen molar-refractivity contribution in [3.05, 3.63) is 59.1 Å². The second-order valence-corrected chi connectivity index (χ2v) is 11.5. The van der Waals surface area contributed by atoms with Gasteiger partial charge in [0, 0.05) is 18.7 Å². The average Bonchev–Trinajstić information content (AvgIpc) is 3.22. The Labute approximate surface area is 206 Å². The van der Waals surface area contributed by atoms with Gasteiger partial charge in [-0.3, -0.25) is 9.10 Å². The Morgan fingerprint density at radius 2 is 1.97 bits per heavy atom. The van der Waals surface area contributed by atoms with Crippen LogP contribution in [0.2, 0.25) is 5.02 Å². The Morgan fingerprint density at radius 3 is 2.64 bits per heavy atom. The maximum absolute atomic E-state index is 12.3. The van der Waals surface area contributed by atoms with Crippen molar-refractivity contribution < 1.29 is 17.9 Å². The van der Waals surface area contributed by atoms with Crippen LogP contribution in [0.1, 0.15) is 18.4 Å². The van der Waals surface area contributed by atoms with Crippen LogP contribution in [-0.2, 0) is 20.6 Å². The number of anilines is 2. The first-order chi connectivity index (χ1) is 15.8. The first-order valence-corrected chi connectivity index (χ1v) is 13.9. The minimum atomic E-state index is -3.56. The minimum absolute atomic E-state index is 0.127. The van der Waals surface area contributed by atoms with Gasteiger partial charge in [-0.1, -0.05) is 65.0 Å². The lowest BCUT2D eigenvalue weighted by Gasteiger charge is -2.23. The van der Waals surface area contributed by atoms with Gasteiger partial charge in [0.05, 0.1) is 24.1 Å². The van der Waals surface area contributed by atoms with E-state index in [1.54, 1.807) is 23.9 Å². The SMILES string of the molecule is COc1ccc(N(CCCC(=O)Nc2nnc(SCc3ccccc3)s2)S(C)(=O)=O)cc1Cl. The van der Waals surface area contributed by atoms with Crippen LogP contribution in [0.15, 0.2) is 52.9 Å². The number of carbonyl (C=O) groups is 1. The summed E-state index contributed by atoms with van der Waals surface area (Å²) in [5.41, 5.74) is 1.59. The van der Waals surface area contributed by atoms with E-state index in [1.165, 1.54) is 34.4 Å². The topological polar surface area (TPSA) is 101 Å². The monoisotopic (exact) mass is 526 g/mol. The van der Waals surface area contributed by atoms with Crippen LogP contribution >= 0.6 is 34.7 Å². The number of halogens is 1. The molecule has 0 fully saturated rings. The van der Waals surface area contributed by atoms with Gasteiger partial charge in [-0.2, -0.15) is 0 Å². The van der Waals surface area contributed by atoms with Gasteiger partial charge in [0.15, 0.2) is 4.34 Å². The lowest BCUT2D eigenvalue weighted by Crippen LogP contribution is -2.31. The molecule has 1 heterocycles. The molecule has 0 radical (unpaired) electrons. The van der Waals surface area contributed by atoms with Crippen molar-refractivity contribution in [2.24, 2.45) is 0 Å². The Kier molecular flexibility index (Phi) is 8.95. The van der Waals surface area contributed by atoms with Crippen molar-refractivity contribution in [3.8, 4) is 5.75 Å². The van der Waals surface area contributed by atoms with Crippen molar-refractivity contribution in [2.75, 3.05) is 29.5 Å². The number of aromatic nitrogens is 2. The van der Waals surface area contributed by atoms with Gasteiger partial charge >= 0.3 is 0 Å². The summed E-state index contributed by atoms with van der Waals surface area (Å²) in [7, 11) is -2.08. The van der Waals surface area contributed by atoms with E-state index in [2.05, 4.69) is 15.5 Å². The van der Waals surface area contributed by atoms with Crippen LogP contribution in [0.25, 0.3) is 0 Å². The highest BCUT2D eigenvalue weighted by Gasteiger charge is 2.19. The van der Waals surface area contributed by atoms with Gasteiger partial charge in [-0.25, -0.2) is 8.42 Å². The van der Waals surface area contributed by atoms with Gasteiger partial charge in [0.2, 0.25) is 21.1 Å². The van der Waals surface area contributed by atoms with E-state index in [0.29, 0.717) is 28.0 Å². The Morgan fingerprint density at radius 1 is 1.21 bits per heavy atom. The predicted molar refractivity (Wildman–Crippen MR) is 134 cm³/mol. The number of hydrogen-bond acceptors (Lipinski definition) is 8. The number of carbonyl (C=O) groups excluding carboxylic acids is 1. The molecule has 8 nitrogen and oxygen atoms in total. The van der Waals surface area contributed by atoms with Crippen molar-refractivity contribution in [3.63, 3.8) is 0 Å². The van der Waals surface area contributed by atoms with Crippen molar-refractivity contribution in [1.29, 1.82) is 0 Å². The zero-order chi connectivity index (χ0) is 23.8. The number of benzene rings is 2. The molecule has 33 heavy (non-hydrogen) atoms. The third-order valence-corrected chi connectivity index (χ3v) is 7.98. The standard InChI is InChI=1S/C21H23ClN4O4S3/c1-30-18-11-10-16(13-17(18)22)26(33(2,28)29)12-6-9-19(27)23-20-24-25-21(32-20)31-14-15-7-4-3-5-8-15/h3-5,7-8,10-11,13H,6,9,12,14H2,1-2H3,(H,23,24,27). The maximum Gasteiger partial charge on any atom is 0.232 e. The van der Waals surface area contributed by atoms with Crippen LogP contribution in [-0.4, -0.2) is 44.4 Å². The molecule has 0 aliphatic carbocycles. The molecule has 3 aromatic rings. The number of sulfonamides is 1. The molecule has 176 valence electrons. The number of methoxy groups -OCH3 is 1. The molecule has 1 N–H and O–H groups in total. The van der Waals surface area contributed by atoms with Gasteiger partial charge in [-0.15, -0.1) is 10.2 Å². The summed E-state index contributed by atoms with van der Waals surface area (Å²) in [5, 5.41) is 11.5. The number of thioether (sulfide) groups is 1. The highest BCUT2D eigenvalue weighted by atomic mass is 35.5. The first-order valence-electron chi connectivity index (χ1n) is 9.87. The summed E-state index contributed by atoms with van der Waals surface area (Å²) in [5.74, 6) is 0.957. The largest absolute Gasteiger partial charge is 0.495 e. The van der Waals surface area contributed by atoms with Gasteiger partial charge in [0.1, 0.15) is 5.75 Å². The normalized spacial score (nSPS) is 11.2.